The number of hydrogen-bond acceptors (Lipinski definition) is 4. The second kappa shape index (κ2) is 7.61. The van der Waals surface area contributed by atoms with Crippen LogP contribution in [0.15, 0.2) is 23.8 Å². The third-order valence-corrected chi connectivity index (χ3v) is 5.33. The largest absolute Gasteiger partial charge is 0.355 e. The number of nitrogens with one attached hydrogen (secondary N) is 2. The number of carbonyl (C=O) groups excluding carboxylic acids is 2. The highest BCUT2D eigenvalue weighted by atomic mass is 32.1. The molecule has 7 heteroatoms. The van der Waals surface area contributed by atoms with Crippen LogP contribution in [0.3, 0.4) is 0 Å². The number of amides is 2. The number of likely N-dealkylation sites (tertiary alicyclic amines) is 1. The number of hydrogen-bond donors (Lipinski definition) is 2. The third-order valence-electron chi connectivity index (χ3n) is 4.46. The minimum Gasteiger partial charge on any atom is -0.355 e. The van der Waals surface area contributed by atoms with Gasteiger partial charge >= 0.3 is 0 Å². The number of thiophene rings is 1. The number of piperidine rings is 1. The molecule has 128 valence electrons. The van der Waals surface area contributed by atoms with E-state index in [-0.39, 0.29) is 17.7 Å². The van der Waals surface area contributed by atoms with E-state index in [0.717, 1.165) is 35.5 Å². The average molecular weight is 346 g/mol. The fourth-order valence-electron chi connectivity index (χ4n) is 3.05. The molecule has 1 aliphatic rings. The minimum absolute atomic E-state index is 0.0131. The van der Waals surface area contributed by atoms with Gasteiger partial charge in [-0.3, -0.25) is 9.59 Å². The van der Waals surface area contributed by atoms with Crippen molar-refractivity contribution < 1.29 is 9.59 Å². The quantitative estimate of drug-likeness (QED) is 0.870. The summed E-state index contributed by atoms with van der Waals surface area (Å²) in [4.78, 5) is 34.1. The van der Waals surface area contributed by atoms with Crippen LogP contribution in [0.5, 0.6) is 0 Å². The Hall–Kier alpha value is -2.15. The van der Waals surface area contributed by atoms with Gasteiger partial charge in [0.05, 0.1) is 11.2 Å². The molecule has 3 heterocycles. The van der Waals surface area contributed by atoms with Crippen molar-refractivity contribution in [2.45, 2.75) is 26.2 Å². The Morgan fingerprint density at radius 1 is 1.42 bits per heavy atom. The fourth-order valence-corrected chi connectivity index (χ4v) is 3.80. The molecule has 1 aliphatic heterocycles. The summed E-state index contributed by atoms with van der Waals surface area (Å²) >= 11 is 1.66. The molecule has 0 saturated carbocycles. The summed E-state index contributed by atoms with van der Waals surface area (Å²) in [6.45, 7) is 3.52. The van der Waals surface area contributed by atoms with Crippen molar-refractivity contribution in [1.29, 1.82) is 0 Å². The maximum Gasteiger partial charge on any atom is 0.223 e. The van der Waals surface area contributed by atoms with Crippen LogP contribution in [0.2, 0.25) is 0 Å². The smallest absolute Gasteiger partial charge is 0.223 e. The molecule has 1 saturated heterocycles. The standard InChI is InChI=1S/C17H22N4O2S/c1-12(22)21-8-5-13(6-9-21)17(23)18-7-4-14-16(20-11-19-14)15-3-2-10-24-15/h2-3,10-11,13H,4-9H2,1H3,(H,18,23)(H,19,20). The van der Waals surface area contributed by atoms with Crippen LogP contribution in [0.1, 0.15) is 25.5 Å². The van der Waals surface area contributed by atoms with Gasteiger partial charge in [-0.1, -0.05) is 6.07 Å². The first-order valence-corrected chi connectivity index (χ1v) is 9.12. The zero-order valence-electron chi connectivity index (χ0n) is 13.7. The van der Waals surface area contributed by atoms with E-state index in [1.165, 1.54) is 0 Å². The molecule has 3 rings (SSSR count). The number of aromatic amines is 1. The molecule has 0 radical (unpaired) electrons. The lowest BCUT2D eigenvalue weighted by atomic mass is 9.96. The highest BCUT2D eigenvalue weighted by molar-refractivity contribution is 7.13. The summed E-state index contributed by atoms with van der Waals surface area (Å²) in [6.07, 6.45) is 3.92. The Bertz CT molecular complexity index is 687. The predicted molar refractivity (Wildman–Crippen MR) is 93.6 cm³/mol. The van der Waals surface area contributed by atoms with Gasteiger partial charge in [0.25, 0.3) is 0 Å². The average Bonchev–Trinajstić information content (AvgIpc) is 3.25. The van der Waals surface area contributed by atoms with Crippen molar-refractivity contribution in [2.24, 2.45) is 5.92 Å². The van der Waals surface area contributed by atoms with Crippen LogP contribution >= 0.6 is 11.3 Å². The summed E-state index contributed by atoms with van der Waals surface area (Å²) < 4.78 is 0. The van der Waals surface area contributed by atoms with E-state index < -0.39 is 0 Å². The first-order chi connectivity index (χ1) is 11.6. The molecule has 2 aromatic heterocycles. The monoisotopic (exact) mass is 346 g/mol. The topological polar surface area (TPSA) is 78.1 Å². The highest BCUT2D eigenvalue weighted by Gasteiger charge is 2.25. The van der Waals surface area contributed by atoms with Gasteiger partial charge < -0.3 is 15.2 Å². The molecule has 2 amide bonds. The van der Waals surface area contributed by atoms with Crippen LogP contribution in [0.4, 0.5) is 0 Å². The van der Waals surface area contributed by atoms with Crippen LogP contribution in [0.25, 0.3) is 10.6 Å². The van der Waals surface area contributed by atoms with Crippen LogP contribution in [0, 0.1) is 5.92 Å². The number of carbonyl (C=O) groups is 2. The Balaban J connectivity index is 1.47. The number of rotatable bonds is 5. The maximum absolute atomic E-state index is 12.3. The van der Waals surface area contributed by atoms with Gasteiger partial charge in [-0.2, -0.15) is 0 Å². The maximum atomic E-state index is 12.3. The van der Waals surface area contributed by atoms with E-state index in [9.17, 15) is 9.59 Å². The van der Waals surface area contributed by atoms with Crippen molar-refractivity contribution in [2.75, 3.05) is 19.6 Å². The summed E-state index contributed by atoms with van der Waals surface area (Å²) in [7, 11) is 0. The van der Waals surface area contributed by atoms with Crippen LogP contribution < -0.4 is 5.32 Å². The third kappa shape index (κ3) is 3.84. The molecule has 2 N–H and O–H groups in total. The van der Waals surface area contributed by atoms with Gasteiger partial charge in [0, 0.05) is 44.6 Å². The molecule has 0 unspecified atom stereocenters. The second-order valence-corrected chi connectivity index (χ2v) is 6.98. The zero-order chi connectivity index (χ0) is 16.9. The molecular weight excluding hydrogens is 324 g/mol. The van der Waals surface area contributed by atoms with Crippen molar-refractivity contribution >= 4 is 23.2 Å². The molecule has 0 aliphatic carbocycles. The zero-order valence-corrected chi connectivity index (χ0v) is 14.6. The Kier molecular flexibility index (Phi) is 5.30. The SMILES string of the molecule is CC(=O)N1CCC(C(=O)NCCc2[nH]cnc2-c2cccs2)CC1. The molecule has 0 bridgehead atoms. The lowest BCUT2D eigenvalue weighted by Gasteiger charge is -2.30. The lowest BCUT2D eigenvalue weighted by molar-refractivity contribution is -0.133. The predicted octanol–water partition coefficient (Wildman–Crippen LogP) is 2.06. The molecule has 0 aromatic carbocycles. The summed E-state index contributed by atoms with van der Waals surface area (Å²) in [6, 6.07) is 4.05. The minimum atomic E-state index is 0.0131. The summed E-state index contributed by atoms with van der Waals surface area (Å²) in [5.74, 6) is 0.198. The van der Waals surface area contributed by atoms with Gasteiger partial charge in [0.15, 0.2) is 0 Å². The van der Waals surface area contributed by atoms with Gasteiger partial charge in [0.2, 0.25) is 11.8 Å². The number of nitrogens with zero attached hydrogens (tertiary/aromatic N) is 2. The number of aromatic nitrogens is 2. The van der Waals surface area contributed by atoms with Gasteiger partial charge in [-0.15, -0.1) is 11.3 Å². The van der Waals surface area contributed by atoms with Gasteiger partial charge in [0.1, 0.15) is 5.69 Å². The number of imidazole rings is 1. The van der Waals surface area contributed by atoms with E-state index >= 15 is 0 Å². The fraction of sp³-hybridized carbons (Fsp3) is 0.471. The molecule has 1 fully saturated rings. The highest BCUT2D eigenvalue weighted by Crippen LogP contribution is 2.25. The molecule has 0 spiro atoms. The van der Waals surface area contributed by atoms with Crippen LogP contribution in [-0.4, -0.2) is 46.3 Å². The van der Waals surface area contributed by atoms with Crippen molar-refractivity contribution in [1.82, 2.24) is 20.2 Å². The molecule has 24 heavy (non-hydrogen) atoms. The Morgan fingerprint density at radius 3 is 2.88 bits per heavy atom. The first kappa shape index (κ1) is 16.7. The van der Waals surface area contributed by atoms with E-state index in [1.807, 2.05) is 22.4 Å². The summed E-state index contributed by atoms with van der Waals surface area (Å²) in [5.41, 5.74) is 2.01. The second-order valence-electron chi connectivity index (χ2n) is 6.03. The Morgan fingerprint density at radius 2 is 2.21 bits per heavy atom. The normalized spacial score (nSPS) is 15.5. The Labute approximate surface area is 145 Å². The van der Waals surface area contributed by atoms with Crippen LogP contribution in [-0.2, 0) is 16.0 Å². The van der Waals surface area contributed by atoms with Crippen molar-refractivity contribution in [3.63, 3.8) is 0 Å². The van der Waals surface area contributed by atoms with E-state index in [4.69, 9.17) is 0 Å². The van der Waals surface area contributed by atoms with Gasteiger partial charge in [-0.25, -0.2) is 4.98 Å². The molecule has 2 aromatic rings. The number of H-pyrrole nitrogens is 1. The van der Waals surface area contributed by atoms with Crippen molar-refractivity contribution in [3.05, 3.63) is 29.5 Å². The van der Waals surface area contributed by atoms with E-state index in [1.54, 1.807) is 24.6 Å². The molecule has 6 nitrogen and oxygen atoms in total. The summed E-state index contributed by atoms with van der Waals surface area (Å²) in [5, 5.41) is 5.05. The molecule has 0 atom stereocenters. The van der Waals surface area contributed by atoms with Gasteiger partial charge in [-0.05, 0) is 24.3 Å². The van der Waals surface area contributed by atoms with Crippen molar-refractivity contribution in [3.8, 4) is 10.6 Å². The molecular formula is C17H22N4O2S. The van der Waals surface area contributed by atoms with E-state index in [2.05, 4.69) is 15.3 Å². The lowest BCUT2D eigenvalue weighted by Crippen LogP contribution is -2.42. The van der Waals surface area contributed by atoms with E-state index in [0.29, 0.717) is 19.6 Å². The first-order valence-electron chi connectivity index (χ1n) is 8.24.